The number of carbonyl (C=O) groups is 1. The third-order valence-electron chi connectivity index (χ3n) is 6.04. The first-order valence-corrected chi connectivity index (χ1v) is 13.1. The Bertz CT molecular complexity index is 1370. The van der Waals surface area contributed by atoms with Crippen LogP contribution in [-0.4, -0.2) is 57.9 Å². The fourth-order valence-corrected chi connectivity index (χ4v) is 5.02. The number of hydrogen-bond acceptors (Lipinski definition) is 8. The van der Waals surface area contributed by atoms with E-state index in [9.17, 15) is 27.1 Å². The number of nitrogens with zero attached hydrogens (tertiary/aromatic N) is 4. The van der Waals surface area contributed by atoms with E-state index in [0.717, 1.165) is 0 Å². The number of hydrogen-bond donors (Lipinski definition) is 2. The molecule has 0 amide bonds. The molecule has 10 nitrogen and oxygen atoms in total. The average molecular weight is 586 g/mol. The summed E-state index contributed by atoms with van der Waals surface area (Å²) in [4.78, 5) is 21.2. The van der Waals surface area contributed by atoms with Crippen LogP contribution >= 0.6 is 15.9 Å². The molecular weight excluding hydrogens is 564 g/mol. The minimum atomic E-state index is -4.23. The number of aliphatic hydroxyl groups is 1. The molecule has 4 rings (SSSR count). The summed E-state index contributed by atoms with van der Waals surface area (Å²) >= 11 is 3.14. The van der Waals surface area contributed by atoms with Gasteiger partial charge in [-0.1, -0.05) is 12.1 Å². The number of ketones is 1. The summed E-state index contributed by atoms with van der Waals surface area (Å²) in [5.41, 5.74) is 0.826. The van der Waals surface area contributed by atoms with Crippen molar-refractivity contribution in [2.75, 3.05) is 6.61 Å². The smallest absolute Gasteiger partial charge is 0.333 e. The van der Waals surface area contributed by atoms with Crippen molar-refractivity contribution in [1.82, 2.24) is 19.7 Å². The maximum Gasteiger partial charge on any atom is 0.333 e. The van der Waals surface area contributed by atoms with Gasteiger partial charge in [0.2, 0.25) is 5.78 Å². The number of halogens is 3. The third kappa shape index (κ3) is 6.00. The number of nitrogens with two attached hydrogens (primary N) is 1. The monoisotopic (exact) mass is 585 g/mol. The van der Waals surface area contributed by atoms with Crippen molar-refractivity contribution in [3.8, 4) is 0 Å². The largest absolute Gasteiger partial charge is 0.390 e. The van der Waals surface area contributed by atoms with Crippen molar-refractivity contribution in [2.24, 2.45) is 17.0 Å². The molecular formula is C22H22BrF2N5O5S. The highest BCUT2D eigenvalue weighted by atomic mass is 79.9. The van der Waals surface area contributed by atoms with Gasteiger partial charge < -0.3 is 5.11 Å². The molecule has 0 aliphatic heterocycles. The fourth-order valence-electron chi connectivity index (χ4n) is 4.25. The van der Waals surface area contributed by atoms with E-state index < -0.39 is 52.6 Å². The minimum Gasteiger partial charge on any atom is -0.390 e. The van der Waals surface area contributed by atoms with Gasteiger partial charge in [0.1, 0.15) is 24.0 Å². The Morgan fingerprint density at radius 3 is 2.83 bits per heavy atom. The van der Waals surface area contributed by atoms with E-state index in [0.29, 0.717) is 10.0 Å². The van der Waals surface area contributed by atoms with E-state index in [4.69, 9.17) is 5.14 Å². The summed E-state index contributed by atoms with van der Waals surface area (Å²) in [5, 5.41) is 19.2. The van der Waals surface area contributed by atoms with Crippen molar-refractivity contribution in [1.29, 1.82) is 0 Å². The first kappa shape index (κ1) is 26.4. The van der Waals surface area contributed by atoms with E-state index >= 15 is 0 Å². The Morgan fingerprint density at radius 1 is 1.31 bits per heavy atom. The summed E-state index contributed by atoms with van der Waals surface area (Å²) in [6.07, 6.45) is 1.03. The summed E-state index contributed by atoms with van der Waals surface area (Å²) in [7, 11) is -4.23. The number of benzene rings is 1. The van der Waals surface area contributed by atoms with E-state index in [-0.39, 0.29) is 36.3 Å². The molecule has 4 atom stereocenters. The van der Waals surface area contributed by atoms with Crippen LogP contribution in [0.15, 0.2) is 47.5 Å². The molecule has 14 heteroatoms. The zero-order chi connectivity index (χ0) is 26.0. The van der Waals surface area contributed by atoms with Gasteiger partial charge >= 0.3 is 10.3 Å². The second kappa shape index (κ2) is 10.8. The van der Waals surface area contributed by atoms with Crippen LogP contribution in [0.1, 0.15) is 33.7 Å². The van der Waals surface area contributed by atoms with Crippen molar-refractivity contribution >= 4 is 32.0 Å². The zero-order valence-electron chi connectivity index (χ0n) is 18.7. The molecule has 1 aliphatic carbocycles. The fraction of sp³-hybridized carbons (Fsp3) is 0.364. The van der Waals surface area contributed by atoms with Crippen LogP contribution in [0.3, 0.4) is 0 Å². The summed E-state index contributed by atoms with van der Waals surface area (Å²) in [6, 6.07) is 6.35. The quantitative estimate of drug-likeness (QED) is 0.362. The zero-order valence-corrected chi connectivity index (χ0v) is 21.1. The lowest BCUT2D eigenvalue weighted by Gasteiger charge is -2.15. The Hall–Kier alpha value is -2.65. The van der Waals surface area contributed by atoms with Crippen molar-refractivity contribution in [3.63, 3.8) is 0 Å². The Kier molecular flexibility index (Phi) is 7.90. The lowest BCUT2D eigenvalue weighted by Crippen LogP contribution is -2.29. The molecule has 2 aromatic heterocycles. The van der Waals surface area contributed by atoms with Gasteiger partial charge in [0.05, 0.1) is 35.0 Å². The van der Waals surface area contributed by atoms with Gasteiger partial charge in [-0.25, -0.2) is 23.9 Å². The van der Waals surface area contributed by atoms with Crippen LogP contribution in [0, 0.1) is 17.7 Å². The van der Waals surface area contributed by atoms with Crippen LogP contribution < -0.4 is 5.14 Å². The van der Waals surface area contributed by atoms with Crippen molar-refractivity contribution in [2.45, 2.75) is 31.7 Å². The van der Waals surface area contributed by atoms with Crippen LogP contribution in [0.4, 0.5) is 8.78 Å². The molecule has 36 heavy (non-hydrogen) atoms. The summed E-state index contributed by atoms with van der Waals surface area (Å²) < 4.78 is 57.4. The standard InChI is InChI=1S/C22H22BrF2N5O5S/c23-16-3-1-2-12(19(16)24)9-30-5-4-17(29-30)22(32)15-8-27-11-28-18(15)7-13-6-14(21(31)20(13)25)10-35-36(26,33)34/h1-5,8,11,13-14,20-21,31H,6-7,9-10H2,(H2,26,33,34)/t13-,14+,20+,21+/m0/s1. The molecule has 2 heterocycles. The van der Waals surface area contributed by atoms with Gasteiger partial charge in [0.25, 0.3) is 0 Å². The molecule has 0 saturated heterocycles. The lowest BCUT2D eigenvalue weighted by atomic mass is 9.95. The van der Waals surface area contributed by atoms with Gasteiger partial charge in [-0.05, 0) is 46.8 Å². The maximum absolute atomic E-state index is 14.8. The highest BCUT2D eigenvalue weighted by Gasteiger charge is 2.43. The van der Waals surface area contributed by atoms with Crippen LogP contribution in [0.25, 0.3) is 0 Å². The molecule has 0 bridgehead atoms. The van der Waals surface area contributed by atoms with Gasteiger partial charge in [0, 0.05) is 23.9 Å². The Balaban J connectivity index is 1.49. The summed E-state index contributed by atoms with van der Waals surface area (Å²) in [6.45, 7) is -0.356. The van der Waals surface area contributed by atoms with Crippen LogP contribution in [0.2, 0.25) is 0 Å². The Labute approximate surface area is 213 Å². The topological polar surface area (TPSA) is 150 Å². The predicted molar refractivity (Wildman–Crippen MR) is 126 cm³/mol. The van der Waals surface area contributed by atoms with Crippen molar-refractivity contribution in [3.05, 3.63) is 75.8 Å². The van der Waals surface area contributed by atoms with E-state index in [1.165, 1.54) is 29.5 Å². The molecule has 1 aromatic carbocycles. The molecule has 1 saturated carbocycles. The van der Waals surface area contributed by atoms with Crippen LogP contribution in [-0.2, 0) is 27.5 Å². The maximum atomic E-state index is 14.8. The highest BCUT2D eigenvalue weighted by Crippen LogP contribution is 2.36. The minimum absolute atomic E-state index is 0.00232. The van der Waals surface area contributed by atoms with Gasteiger partial charge in [0.15, 0.2) is 0 Å². The molecule has 1 fully saturated rings. The van der Waals surface area contributed by atoms with E-state index in [2.05, 4.69) is 35.2 Å². The van der Waals surface area contributed by atoms with Gasteiger partial charge in [-0.3, -0.25) is 13.7 Å². The summed E-state index contributed by atoms with van der Waals surface area (Å²) in [5.74, 6) is -2.46. The second-order valence-corrected chi connectivity index (χ2v) is 10.6. The van der Waals surface area contributed by atoms with E-state index in [1.54, 1.807) is 18.2 Å². The number of rotatable bonds is 9. The van der Waals surface area contributed by atoms with Crippen LogP contribution in [0.5, 0.6) is 0 Å². The molecule has 0 radical (unpaired) electrons. The number of alkyl halides is 1. The third-order valence-corrected chi connectivity index (χ3v) is 7.12. The highest BCUT2D eigenvalue weighted by molar-refractivity contribution is 9.10. The first-order valence-electron chi connectivity index (χ1n) is 10.8. The van der Waals surface area contributed by atoms with E-state index in [1.807, 2.05) is 0 Å². The molecule has 192 valence electrons. The molecule has 0 spiro atoms. The molecule has 3 N–H and O–H groups in total. The Morgan fingerprint density at radius 2 is 2.08 bits per heavy atom. The average Bonchev–Trinajstić information content (AvgIpc) is 3.40. The molecule has 0 unspecified atom stereocenters. The molecule has 1 aliphatic rings. The predicted octanol–water partition coefficient (Wildman–Crippen LogP) is 1.95. The number of carbonyl (C=O) groups excluding carboxylic acids is 1. The normalized spacial score (nSPS) is 22.1. The van der Waals surface area contributed by atoms with Gasteiger partial charge in [-0.15, -0.1) is 0 Å². The number of aliphatic hydroxyl groups excluding tert-OH is 1. The molecule has 3 aromatic rings. The lowest BCUT2D eigenvalue weighted by molar-refractivity contribution is 0.0438. The SMILES string of the molecule is NS(=O)(=O)OC[C@H]1C[C@@H](Cc2ncncc2C(=O)c2ccn(Cc3cccc(Br)c3F)n2)[C@@H](F)[C@@H]1O. The first-order chi connectivity index (χ1) is 17.0. The number of aromatic nitrogens is 4. The van der Waals surface area contributed by atoms with Crippen molar-refractivity contribution < 1.29 is 31.3 Å². The second-order valence-electron chi connectivity index (χ2n) is 8.50. The van der Waals surface area contributed by atoms with Gasteiger partial charge in [-0.2, -0.15) is 13.5 Å².